The van der Waals surface area contributed by atoms with Crippen molar-refractivity contribution in [2.45, 2.75) is 6.54 Å². The predicted octanol–water partition coefficient (Wildman–Crippen LogP) is 2.85. The van der Waals surface area contributed by atoms with Crippen molar-refractivity contribution < 1.29 is 4.55 Å². The van der Waals surface area contributed by atoms with Crippen molar-refractivity contribution in [2.75, 3.05) is 30.3 Å². The third-order valence-corrected chi connectivity index (χ3v) is 7.38. The van der Waals surface area contributed by atoms with Crippen LogP contribution in [0.3, 0.4) is 0 Å². The summed E-state index contributed by atoms with van der Waals surface area (Å²) >= 11 is 2.89. The third kappa shape index (κ3) is 3.48. The number of nitrogens with zero attached hydrogens (tertiary/aromatic N) is 5. The first-order valence-electron chi connectivity index (χ1n) is 9.34. The van der Waals surface area contributed by atoms with Crippen LogP contribution in [0.15, 0.2) is 47.2 Å². The maximum Gasteiger partial charge on any atom is 0.165 e. The molecule has 29 heavy (non-hydrogen) atoms. The molecule has 1 saturated heterocycles. The molecule has 0 unspecified atom stereocenters. The maximum absolute atomic E-state index is 11.6. The van der Waals surface area contributed by atoms with Gasteiger partial charge in [-0.15, -0.1) is 0 Å². The molecule has 7 nitrogen and oxygen atoms in total. The van der Waals surface area contributed by atoms with Crippen molar-refractivity contribution in [3.8, 4) is 11.1 Å². The molecule has 1 aromatic carbocycles. The van der Waals surface area contributed by atoms with Crippen LogP contribution in [-0.4, -0.2) is 53.6 Å². The zero-order chi connectivity index (χ0) is 20.0. The number of para-hydroxylation sites is 1. The number of aromatic nitrogens is 4. The Morgan fingerprint density at radius 1 is 1.17 bits per heavy atom. The average Bonchev–Trinajstić information content (AvgIpc) is 3.17. The summed E-state index contributed by atoms with van der Waals surface area (Å²) in [4.78, 5) is 11.7. The number of hydrogen-bond acceptors (Lipinski definition) is 6. The molecule has 0 radical (unpaired) electrons. The van der Waals surface area contributed by atoms with Crippen LogP contribution in [0.25, 0.3) is 27.7 Å². The number of fused-ring (bicyclic) bond motifs is 2. The van der Waals surface area contributed by atoms with Gasteiger partial charge in [-0.1, -0.05) is 29.4 Å². The summed E-state index contributed by atoms with van der Waals surface area (Å²) in [5.74, 6) is 1.93. The number of benzene rings is 1. The predicted molar refractivity (Wildman–Crippen MR) is 119 cm³/mol. The van der Waals surface area contributed by atoms with Gasteiger partial charge in [0.05, 0.1) is 21.9 Å². The van der Waals surface area contributed by atoms with Crippen LogP contribution < -0.4 is 5.73 Å². The van der Waals surface area contributed by atoms with Crippen LogP contribution in [0.2, 0.25) is 0 Å². The standard InChI is InChI=1S/C20H19BrN6OS/c21-18-17(12-26-5-7-29(28)8-6-26)25-20-15(11-24-27(20)19(18)22)14-9-13-3-1-2-4-16(13)23-10-14/h1-4,9-11H,5-8,12,22H2. The van der Waals surface area contributed by atoms with Gasteiger partial charge in [0.2, 0.25) is 0 Å². The molecule has 1 aliphatic heterocycles. The number of anilines is 1. The highest BCUT2D eigenvalue weighted by atomic mass is 79.9. The summed E-state index contributed by atoms with van der Waals surface area (Å²) < 4.78 is 14.0. The molecule has 5 rings (SSSR count). The van der Waals surface area contributed by atoms with E-state index in [0.29, 0.717) is 29.5 Å². The second-order valence-electron chi connectivity index (χ2n) is 7.09. The van der Waals surface area contributed by atoms with Crippen molar-refractivity contribution in [3.05, 3.63) is 52.9 Å². The second-order valence-corrected chi connectivity index (χ2v) is 9.58. The van der Waals surface area contributed by atoms with Gasteiger partial charge in [0, 0.05) is 42.3 Å². The van der Waals surface area contributed by atoms with Crippen molar-refractivity contribution in [1.29, 1.82) is 0 Å². The Kier molecular flexibility index (Phi) is 4.91. The van der Waals surface area contributed by atoms with E-state index in [9.17, 15) is 4.55 Å². The van der Waals surface area contributed by atoms with Crippen molar-refractivity contribution in [1.82, 2.24) is 24.5 Å². The van der Waals surface area contributed by atoms with Gasteiger partial charge in [-0.05, 0) is 28.1 Å². The van der Waals surface area contributed by atoms with E-state index in [4.69, 9.17) is 10.7 Å². The van der Waals surface area contributed by atoms with E-state index in [2.05, 4.69) is 37.0 Å². The highest BCUT2D eigenvalue weighted by Crippen LogP contribution is 2.31. The minimum Gasteiger partial charge on any atom is -0.616 e. The molecular formula is C20H19BrN6OS. The molecule has 9 heteroatoms. The molecule has 0 bridgehead atoms. The quantitative estimate of drug-likeness (QED) is 0.462. The summed E-state index contributed by atoms with van der Waals surface area (Å²) in [7, 11) is 0. The van der Waals surface area contributed by atoms with Gasteiger partial charge in [0.25, 0.3) is 0 Å². The topological polar surface area (TPSA) is 95.4 Å². The molecule has 0 spiro atoms. The molecule has 0 saturated carbocycles. The zero-order valence-electron chi connectivity index (χ0n) is 15.6. The Morgan fingerprint density at radius 2 is 1.97 bits per heavy atom. The highest BCUT2D eigenvalue weighted by molar-refractivity contribution is 9.10. The van der Waals surface area contributed by atoms with E-state index >= 15 is 0 Å². The summed E-state index contributed by atoms with van der Waals surface area (Å²) in [6, 6.07) is 10.1. The molecular weight excluding hydrogens is 452 g/mol. The SMILES string of the molecule is Nc1c(Br)c(CN2CC[S+]([O-])CC2)nc2c(-c3cnc4ccccc4c3)cnn12. The number of nitrogens with two attached hydrogens (primary N) is 1. The van der Waals surface area contributed by atoms with E-state index in [0.717, 1.165) is 45.3 Å². The van der Waals surface area contributed by atoms with Crippen LogP contribution in [-0.2, 0) is 17.7 Å². The van der Waals surface area contributed by atoms with E-state index in [1.807, 2.05) is 30.5 Å². The molecule has 0 aliphatic carbocycles. The molecule has 3 aromatic heterocycles. The van der Waals surface area contributed by atoms with Gasteiger partial charge in [-0.3, -0.25) is 9.88 Å². The van der Waals surface area contributed by atoms with E-state index in [1.165, 1.54) is 0 Å². The van der Waals surface area contributed by atoms with Crippen LogP contribution in [0.5, 0.6) is 0 Å². The van der Waals surface area contributed by atoms with Crippen LogP contribution in [0, 0.1) is 0 Å². The number of rotatable bonds is 3. The van der Waals surface area contributed by atoms with Gasteiger partial charge in [-0.2, -0.15) is 9.61 Å². The highest BCUT2D eigenvalue weighted by Gasteiger charge is 2.23. The minimum absolute atomic E-state index is 0.519. The minimum atomic E-state index is -0.704. The lowest BCUT2D eigenvalue weighted by atomic mass is 10.1. The van der Waals surface area contributed by atoms with E-state index < -0.39 is 11.2 Å². The lowest BCUT2D eigenvalue weighted by molar-refractivity contribution is 0.284. The fourth-order valence-corrected chi connectivity index (χ4v) is 5.13. The molecule has 0 atom stereocenters. The van der Waals surface area contributed by atoms with Gasteiger partial charge < -0.3 is 10.3 Å². The average molecular weight is 471 g/mol. The monoisotopic (exact) mass is 470 g/mol. The number of pyridine rings is 1. The summed E-state index contributed by atoms with van der Waals surface area (Å²) in [6.07, 6.45) is 3.63. The summed E-state index contributed by atoms with van der Waals surface area (Å²) in [5, 5.41) is 5.52. The lowest BCUT2D eigenvalue weighted by Crippen LogP contribution is -2.40. The first-order valence-corrected chi connectivity index (χ1v) is 11.6. The molecule has 148 valence electrons. The molecule has 1 aliphatic rings. The number of halogens is 1. The van der Waals surface area contributed by atoms with Crippen LogP contribution in [0.4, 0.5) is 5.82 Å². The smallest absolute Gasteiger partial charge is 0.165 e. The molecule has 2 N–H and O–H groups in total. The van der Waals surface area contributed by atoms with Crippen LogP contribution in [0.1, 0.15) is 5.69 Å². The summed E-state index contributed by atoms with van der Waals surface area (Å²) in [5.41, 5.74) is 10.7. The van der Waals surface area contributed by atoms with Crippen molar-refractivity contribution in [2.24, 2.45) is 0 Å². The Balaban J connectivity index is 1.57. The normalized spacial score (nSPS) is 16.1. The fraction of sp³-hybridized carbons (Fsp3) is 0.250. The Bertz CT molecular complexity index is 1200. The van der Waals surface area contributed by atoms with Crippen molar-refractivity contribution in [3.63, 3.8) is 0 Å². The Morgan fingerprint density at radius 3 is 2.79 bits per heavy atom. The van der Waals surface area contributed by atoms with Gasteiger partial charge in [-0.25, -0.2) is 4.98 Å². The molecule has 4 aromatic rings. The van der Waals surface area contributed by atoms with E-state index in [1.54, 1.807) is 10.7 Å². The fourth-order valence-electron chi connectivity index (χ4n) is 3.62. The largest absolute Gasteiger partial charge is 0.616 e. The number of nitrogen functional groups attached to an aromatic ring is 1. The second kappa shape index (κ2) is 7.56. The van der Waals surface area contributed by atoms with Crippen LogP contribution >= 0.6 is 15.9 Å². The maximum atomic E-state index is 11.6. The van der Waals surface area contributed by atoms with E-state index in [-0.39, 0.29) is 0 Å². The van der Waals surface area contributed by atoms with Gasteiger partial charge >= 0.3 is 0 Å². The summed E-state index contributed by atoms with van der Waals surface area (Å²) in [6.45, 7) is 2.25. The molecule has 4 heterocycles. The Labute approximate surface area is 179 Å². The first kappa shape index (κ1) is 18.8. The van der Waals surface area contributed by atoms with Gasteiger partial charge in [0.15, 0.2) is 5.65 Å². The lowest BCUT2D eigenvalue weighted by Gasteiger charge is -2.28. The first-order chi connectivity index (χ1) is 14.1. The van der Waals surface area contributed by atoms with Crippen molar-refractivity contribution >= 4 is 49.5 Å². The molecule has 0 amide bonds. The zero-order valence-corrected chi connectivity index (χ0v) is 18.0. The number of hydrogen-bond donors (Lipinski definition) is 1. The molecule has 1 fully saturated rings. The Hall–Kier alpha value is -2.20. The van der Waals surface area contributed by atoms with Gasteiger partial charge in [0.1, 0.15) is 17.3 Å². The third-order valence-electron chi connectivity index (χ3n) is 5.24.